The Hall–Kier alpha value is -0.840. The number of nitrogens with zero attached hydrogens (tertiary/aromatic N) is 1. The zero-order chi connectivity index (χ0) is 13.1. The Labute approximate surface area is 112 Å². The van der Waals surface area contributed by atoms with Crippen LogP contribution in [0.1, 0.15) is 11.1 Å². The summed E-state index contributed by atoms with van der Waals surface area (Å²) in [5.41, 5.74) is 1.43. The summed E-state index contributed by atoms with van der Waals surface area (Å²) in [4.78, 5) is 2.20. The minimum Gasteiger partial charge on any atom is -0.496 e. The number of nitrogens with one attached hydrogen (secondary N) is 1. The fourth-order valence-electron chi connectivity index (χ4n) is 2.32. The Morgan fingerprint density at radius 3 is 2.72 bits per heavy atom. The maximum Gasteiger partial charge on any atom is 0.150 e. The Morgan fingerprint density at radius 2 is 2.11 bits per heavy atom. The monoisotopic (exact) mass is 272 g/mol. The second-order valence-corrected chi connectivity index (χ2v) is 4.93. The molecule has 1 N–H and O–H groups in total. The van der Waals surface area contributed by atoms with Crippen molar-refractivity contribution in [2.24, 2.45) is 0 Å². The normalized spacial score (nSPS) is 16.9. The summed E-state index contributed by atoms with van der Waals surface area (Å²) in [6.45, 7) is 6.11. The second kappa shape index (κ2) is 5.87. The molecule has 1 fully saturated rings. The summed E-state index contributed by atoms with van der Waals surface area (Å²) in [7, 11) is 1.57. The van der Waals surface area contributed by atoms with E-state index in [1.165, 1.54) is 0 Å². The van der Waals surface area contributed by atoms with E-state index in [0.29, 0.717) is 17.9 Å². The third-order valence-electron chi connectivity index (χ3n) is 3.25. The Kier molecular flexibility index (Phi) is 4.43. The number of halogens is 2. The highest BCUT2D eigenvalue weighted by molar-refractivity contribution is 6.30. The fraction of sp³-hybridized carbons (Fsp3) is 0.538. The third-order valence-corrected chi connectivity index (χ3v) is 3.52. The number of aryl methyl sites for hydroxylation is 1. The SMILES string of the molecule is COc1c(C)cc(Cl)c(F)c1CN1CCNCC1. The van der Waals surface area contributed by atoms with Crippen LogP contribution in [0.3, 0.4) is 0 Å². The van der Waals surface area contributed by atoms with E-state index < -0.39 is 0 Å². The molecule has 0 amide bonds. The molecule has 1 saturated heterocycles. The van der Waals surface area contributed by atoms with E-state index >= 15 is 0 Å². The molecule has 1 heterocycles. The number of rotatable bonds is 3. The van der Waals surface area contributed by atoms with Crippen LogP contribution in [0.2, 0.25) is 5.02 Å². The van der Waals surface area contributed by atoms with E-state index in [1.807, 2.05) is 6.92 Å². The van der Waals surface area contributed by atoms with Crippen LogP contribution < -0.4 is 10.1 Å². The van der Waals surface area contributed by atoms with Crippen molar-refractivity contribution < 1.29 is 9.13 Å². The summed E-state index contributed by atoms with van der Waals surface area (Å²) < 4.78 is 19.4. The van der Waals surface area contributed by atoms with Crippen LogP contribution in [0.25, 0.3) is 0 Å². The number of hydrogen-bond donors (Lipinski definition) is 1. The molecule has 0 unspecified atom stereocenters. The first kappa shape index (κ1) is 13.6. The van der Waals surface area contributed by atoms with Crippen molar-refractivity contribution in [1.82, 2.24) is 10.2 Å². The lowest BCUT2D eigenvalue weighted by Crippen LogP contribution is -2.43. The molecule has 0 saturated carbocycles. The molecule has 1 aliphatic rings. The van der Waals surface area contributed by atoms with E-state index in [1.54, 1.807) is 13.2 Å². The van der Waals surface area contributed by atoms with Crippen molar-refractivity contribution in [2.45, 2.75) is 13.5 Å². The quantitative estimate of drug-likeness (QED) is 0.913. The molecule has 0 aliphatic carbocycles. The summed E-state index contributed by atoms with van der Waals surface area (Å²) in [5, 5.41) is 3.44. The lowest BCUT2D eigenvalue weighted by atomic mass is 10.1. The van der Waals surface area contributed by atoms with E-state index in [2.05, 4.69) is 10.2 Å². The lowest BCUT2D eigenvalue weighted by Gasteiger charge is -2.28. The highest BCUT2D eigenvalue weighted by atomic mass is 35.5. The maximum absolute atomic E-state index is 14.1. The molecule has 0 atom stereocenters. The van der Waals surface area contributed by atoms with Gasteiger partial charge in [-0.15, -0.1) is 0 Å². The molecule has 2 rings (SSSR count). The van der Waals surface area contributed by atoms with Crippen LogP contribution in [0.5, 0.6) is 5.75 Å². The van der Waals surface area contributed by atoms with Crippen LogP contribution in [0.4, 0.5) is 4.39 Å². The lowest BCUT2D eigenvalue weighted by molar-refractivity contribution is 0.227. The van der Waals surface area contributed by atoms with Crippen molar-refractivity contribution in [3.8, 4) is 5.75 Å². The summed E-state index contributed by atoms with van der Waals surface area (Å²) in [6.07, 6.45) is 0. The van der Waals surface area contributed by atoms with Gasteiger partial charge in [-0.2, -0.15) is 0 Å². The van der Waals surface area contributed by atoms with Crippen molar-refractivity contribution in [2.75, 3.05) is 33.3 Å². The molecule has 5 heteroatoms. The highest BCUT2D eigenvalue weighted by Gasteiger charge is 2.19. The van der Waals surface area contributed by atoms with E-state index in [-0.39, 0.29) is 10.8 Å². The number of benzene rings is 1. The number of methoxy groups -OCH3 is 1. The van der Waals surface area contributed by atoms with E-state index in [0.717, 1.165) is 31.7 Å². The second-order valence-electron chi connectivity index (χ2n) is 4.53. The van der Waals surface area contributed by atoms with Crippen molar-refractivity contribution in [3.05, 3.63) is 28.0 Å². The van der Waals surface area contributed by atoms with Gasteiger partial charge in [-0.1, -0.05) is 11.6 Å². The Morgan fingerprint density at radius 1 is 1.44 bits per heavy atom. The van der Waals surface area contributed by atoms with Gasteiger partial charge < -0.3 is 10.1 Å². The van der Waals surface area contributed by atoms with Crippen LogP contribution in [0.15, 0.2) is 6.07 Å². The predicted molar refractivity (Wildman–Crippen MR) is 70.8 cm³/mol. The number of piperazine rings is 1. The average molecular weight is 273 g/mol. The molecular weight excluding hydrogens is 255 g/mol. The minimum atomic E-state index is -0.363. The summed E-state index contributed by atoms with van der Waals surface area (Å²) in [5.74, 6) is 0.244. The Bertz CT molecular complexity index is 433. The van der Waals surface area contributed by atoms with Gasteiger partial charge >= 0.3 is 0 Å². The average Bonchev–Trinajstić information content (AvgIpc) is 2.37. The Balaban J connectivity index is 2.29. The summed E-state index contributed by atoms with van der Waals surface area (Å²) >= 11 is 5.90. The molecule has 0 aromatic heterocycles. The summed E-state index contributed by atoms with van der Waals surface area (Å²) in [6, 6.07) is 1.61. The van der Waals surface area contributed by atoms with Crippen LogP contribution in [-0.4, -0.2) is 38.2 Å². The molecule has 0 radical (unpaired) electrons. The molecule has 1 aromatic rings. The fourth-order valence-corrected chi connectivity index (χ4v) is 2.60. The van der Waals surface area contributed by atoms with Gasteiger partial charge in [0.05, 0.1) is 12.1 Å². The minimum absolute atomic E-state index is 0.165. The van der Waals surface area contributed by atoms with Gasteiger partial charge in [-0.3, -0.25) is 4.90 Å². The first-order valence-electron chi connectivity index (χ1n) is 6.08. The van der Waals surface area contributed by atoms with Gasteiger partial charge in [0.15, 0.2) is 0 Å². The molecule has 3 nitrogen and oxygen atoms in total. The largest absolute Gasteiger partial charge is 0.496 e. The van der Waals surface area contributed by atoms with Gasteiger partial charge in [0.1, 0.15) is 11.6 Å². The van der Waals surface area contributed by atoms with Crippen LogP contribution >= 0.6 is 11.6 Å². The zero-order valence-corrected chi connectivity index (χ0v) is 11.5. The molecule has 1 aliphatic heterocycles. The van der Waals surface area contributed by atoms with E-state index in [9.17, 15) is 4.39 Å². The molecule has 18 heavy (non-hydrogen) atoms. The predicted octanol–water partition coefficient (Wildman–Crippen LogP) is 2.20. The van der Waals surface area contributed by atoms with Crippen LogP contribution in [0, 0.1) is 12.7 Å². The first-order valence-corrected chi connectivity index (χ1v) is 6.45. The zero-order valence-electron chi connectivity index (χ0n) is 10.7. The third kappa shape index (κ3) is 2.76. The van der Waals surface area contributed by atoms with Crippen molar-refractivity contribution >= 4 is 11.6 Å². The molecule has 0 spiro atoms. The van der Waals surface area contributed by atoms with Gasteiger partial charge in [0, 0.05) is 38.3 Å². The standard InChI is InChI=1S/C13H18ClFN2O/c1-9-7-11(14)12(15)10(13(9)18-2)8-17-5-3-16-4-6-17/h7,16H,3-6,8H2,1-2H3. The highest BCUT2D eigenvalue weighted by Crippen LogP contribution is 2.32. The molecular formula is C13H18ClFN2O. The smallest absolute Gasteiger partial charge is 0.150 e. The number of ether oxygens (including phenoxy) is 1. The van der Waals surface area contributed by atoms with Gasteiger partial charge in [-0.05, 0) is 18.6 Å². The maximum atomic E-state index is 14.1. The van der Waals surface area contributed by atoms with Gasteiger partial charge in [0.25, 0.3) is 0 Å². The van der Waals surface area contributed by atoms with Crippen molar-refractivity contribution in [3.63, 3.8) is 0 Å². The van der Waals surface area contributed by atoms with E-state index in [4.69, 9.17) is 16.3 Å². The van der Waals surface area contributed by atoms with Gasteiger partial charge in [-0.25, -0.2) is 4.39 Å². The molecule has 1 aromatic carbocycles. The van der Waals surface area contributed by atoms with Crippen molar-refractivity contribution in [1.29, 1.82) is 0 Å². The molecule has 100 valence electrons. The number of hydrogen-bond acceptors (Lipinski definition) is 3. The first-order chi connectivity index (χ1) is 8.63. The topological polar surface area (TPSA) is 24.5 Å². The van der Waals surface area contributed by atoms with Gasteiger partial charge in [0.2, 0.25) is 0 Å². The molecule has 0 bridgehead atoms. The van der Waals surface area contributed by atoms with Crippen LogP contribution in [-0.2, 0) is 6.54 Å².